The van der Waals surface area contributed by atoms with E-state index in [0.717, 1.165) is 31.2 Å². The van der Waals surface area contributed by atoms with Gasteiger partial charge in [0.15, 0.2) is 0 Å². The molecule has 0 radical (unpaired) electrons. The van der Waals surface area contributed by atoms with Crippen molar-refractivity contribution in [1.29, 1.82) is 0 Å². The summed E-state index contributed by atoms with van der Waals surface area (Å²) < 4.78 is 38.4. The molecule has 0 unspecified atom stereocenters. The van der Waals surface area contributed by atoms with E-state index >= 15 is 0 Å². The Morgan fingerprint density at radius 1 is 1.24 bits per heavy atom. The summed E-state index contributed by atoms with van der Waals surface area (Å²) in [4.78, 5) is 0. The summed E-state index contributed by atoms with van der Waals surface area (Å²) in [7, 11) is 0. The van der Waals surface area contributed by atoms with E-state index in [1.165, 1.54) is 12.1 Å². The maximum absolute atomic E-state index is 13.5. The van der Waals surface area contributed by atoms with Crippen LogP contribution in [-0.2, 0) is 5.41 Å². The van der Waals surface area contributed by atoms with E-state index in [4.69, 9.17) is 5.73 Å². The summed E-state index contributed by atoms with van der Waals surface area (Å²) in [6.07, 6.45) is 1.19. The van der Waals surface area contributed by atoms with Crippen molar-refractivity contribution < 1.29 is 13.2 Å². The lowest BCUT2D eigenvalue weighted by Gasteiger charge is -2.28. The van der Waals surface area contributed by atoms with Gasteiger partial charge in [0.2, 0.25) is 0 Å². The first-order valence-electron chi connectivity index (χ1n) is 5.87. The average molecular weight is 243 g/mol. The molecule has 2 N–H and O–H groups in total. The Morgan fingerprint density at radius 3 is 2.35 bits per heavy atom. The maximum atomic E-state index is 13.5. The highest BCUT2D eigenvalue weighted by Gasteiger charge is 2.34. The fraction of sp³-hybridized carbons (Fsp3) is 0.538. The molecule has 0 aliphatic heterocycles. The van der Waals surface area contributed by atoms with E-state index in [-0.39, 0.29) is 5.41 Å². The molecule has 4 heteroatoms. The second-order valence-electron chi connectivity index (χ2n) is 4.73. The zero-order chi connectivity index (χ0) is 12.5. The van der Waals surface area contributed by atoms with Crippen LogP contribution in [0.15, 0.2) is 18.2 Å². The number of hydrogen-bond donors (Lipinski definition) is 1. The third kappa shape index (κ3) is 2.18. The third-order valence-electron chi connectivity index (χ3n) is 3.80. The van der Waals surface area contributed by atoms with E-state index in [1.54, 1.807) is 6.07 Å². The molecule has 0 spiro atoms. The Labute approximate surface area is 98.8 Å². The number of hydrogen-bond acceptors (Lipinski definition) is 1. The molecule has 0 heterocycles. The number of alkyl halides is 2. The average Bonchev–Trinajstić information content (AvgIpc) is 2.78. The Morgan fingerprint density at radius 2 is 1.88 bits per heavy atom. The number of nitrogens with two attached hydrogens (primary N) is 1. The SMILES string of the molecule is NCC1(c2ccc(C(F)F)c(F)c2)CCCC1. The summed E-state index contributed by atoms with van der Waals surface area (Å²) in [6, 6.07) is 4.02. The van der Waals surface area contributed by atoms with Crippen molar-refractivity contribution >= 4 is 0 Å². The van der Waals surface area contributed by atoms with Gasteiger partial charge < -0.3 is 5.73 Å². The molecule has 0 saturated heterocycles. The van der Waals surface area contributed by atoms with Crippen LogP contribution in [0.4, 0.5) is 13.2 Å². The molecule has 1 nitrogen and oxygen atoms in total. The molecule has 0 aromatic heterocycles. The fourth-order valence-electron chi connectivity index (χ4n) is 2.70. The van der Waals surface area contributed by atoms with Crippen LogP contribution in [0.25, 0.3) is 0 Å². The van der Waals surface area contributed by atoms with Crippen LogP contribution < -0.4 is 5.73 Å². The quantitative estimate of drug-likeness (QED) is 0.863. The first-order chi connectivity index (χ1) is 8.09. The molecule has 1 aromatic carbocycles. The van der Waals surface area contributed by atoms with Crippen LogP contribution in [-0.4, -0.2) is 6.54 Å². The second kappa shape index (κ2) is 4.69. The maximum Gasteiger partial charge on any atom is 0.266 e. The number of benzene rings is 1. The van der Waals surface area contributed by atoms with Crippen LogP contribution >= 0.6 is 0 Å². The monoisotopic (exact) mass is 243 g/mol. The molecular weight excluding hydrogens is 227 g/mol. The zero-order valence-electron chi connectivity index (χ0n) is 9.56. The summed E-state index contributed by atoms with van der Waals surface area (Å²) >= 11 is 0. The topological polar surface area (TPSA) is 26.0 Å². The van der Waals surface area contributed by atoms with Crippen LogP contribution in [0.5, 0.6) is 0 Å². The van der Waals surface area contributed by atoms with Gasteiger partial charge >= 0.3 is 0 Å². The molecule has 0 atom stereocenters. The molecule has 1 aliphatic rings. The molecule has 1 saturated carbocycles. The highest BCUT2D eigenvalue weighted by atomic mass is 19.3. The Kier molecular flexibility index (Phi) is 3.43. The lowest BCUT2D eigenvalue weighted by atomic mass is 9.78. The van der Waals surface area contributed by atoms with Crippen molar-refractivity contribution in [3.8, 4) is 0 Å². The highest BCUT2D eigenvalue weighted by Crippen LogP contribution is 2.41. The molecular formula is C13H16F3N. The van der Waals surface area contributed by atoms with Gasteiger partial charge in [-0.2, -0.15) is 0 Å². The molecule has 1 aliphatic carbocycles. The van der Waals surface area contributed by atoms with E-state index < -0.39 is 17.8 Å². The van der Waals surface area contributed by atoms with Gasteiger partial charge in [0, 0.05) is 12.0 Å². The second-order valence-corrected chi connectivity index (χ2v) is 4.73. The van der Waals surface area contributed by atoms with Gasteiger partial charge in [-0.15, -0.1) is 0 Å². The highest BCUT2D eigenvalue weighted by molar-refractivity contribution is 5.32. The van der Waals surface area contributed by atoms with Crippen LogP contribution in [0.3, 0.4) is 0 Å². The first kappa shape index (κ1) is 12.4. The Bertz CT molecular complexity index is 398. The van der Waals surface area contributed by atoms with Crippen LogP contribution in [0.2, 0.25) is 0 Å². The lowest BCUT2D eigenvalue weighted by molar-refractivity contribution is 0.146. The molecule has 94 valence electrons. The van der Waals surface area contributed by atoms with Crippen molar-refractivity contribution in [3.05, 3.63) is 35.1 Å². The van der Waals surface area contributed by atoms with Crippen molar-refractivity contribution in [2.45, 2.75) is 37.5 Å². The van der Waals surface area contributed by atoms with Crippen molar-refractivity contribution in [3.63, 3.8) is 0 Å². The predicted octanol–water partition coefficient (Wildman–Crippen LogP) is 3.53. The third-order valence-corrected chi connectivity index (χ3v) is 3.80. The first-order valence-corrected chi connectivity index (χ1v) is 5.87. The van der Waals surface area contributed by atoms with Crippen molar-refractivity contribution in [2.75, 3.05) is 6.54 Å². The summed E-state index contributed by atoms with van der Waals surface area (Å²) in [5, 5.41) is 0. The lowest BCUT2D eigenvalue weighted by Crippen LogP contribution is -2.32. The zero-order valence-corrected chi connectivity index (χ0v) is 9.56. The van der Waals surface area contributed by atoms with E-state index in [1.807, 2.05) is 0 Å². The van der Waals surface area contributed by atoms with Gasteiger partial charge in [0.1, 0.15) is 5.82 Å². The Balaban J connectivity index is 2.36. The predicted molar refractivity (Wildman–Crippen MR) is 60.6 cm³/mol. The molecule has 1 fully saturated rings. The minimum atomic E-state index is -2.76. The molecule has 1 aromatic rings. The van der Waals surface area contributed by atoms with Gasteiger partial charge in [-0.3, -0.25) is 0 Å². The van der Waals surface area contributed by atoms with E-state index in [2.05, 4.69) is 0 Å². The number of halogens is 3. The molecule has 0 amide bonds. The fourth-order valence-corrected chi connectivity index (χ4v) is 2.70. The van der Waals surface area contributed by atoms with Gasteiger partial charge in [0.05, 0.1) is 5.56 Å². The van der Waals surface area contributed by atoms with Gasteiger partial charge in [-0.25, -0.2) is 13.2 Å². The number of rotatable bonds is 3. The largest absolute Gasteiger partial charge is 0.330 e. The summed E-state index contributed by atoms with van der Waals surface area (Å²) in [5.74, 6) is -0.822. The molecule has 17 heavy (non-hydrogen) atoms. The van der Waals surface area contributed by atoms with Gasteiger partial charge in [-0.05, 0) is 24.5 Å². The standard InChI is InChI=1S/C13H16F3N/c14-11-7-9(3-4-10(11)12(15)16)13(8-17)5-1-2-6-13/h3-4,7,12H,1-2,5-6,8,17H2. The van der Waals surface area contributed by atoms with Crippen molar-refractivity contribution in [1.82, 2.24) is 0 Å². The normalized spacial score (nSPS) is 18.9. The smallest absolute Gasteiger partial charge is 0.266 e. The van der Waals surface area contributed by atoms with Crippen LogP contribution in [0, 0.1) is 5.82 Å². The molecule has 0 bridgehead atoms. The summed E-state index contributed by atoms with van der Waals surface area (Å²) in [5.41, 5.74) is 5.81. The Hall–Kier alpha value is -1.03. The summed E-state index contributed by atoms with van der Waals surface area (Å²) in [6.45, 7) is 0.445. The minimum absolute atomic E-state index is 0.207. The van der Waals surface area contributed by atoms with Gasteiger partial charge in [0.25, 0.3) is 6.43 Å². The van der Waals surface area contributed by atoms with E-state index in [0.29, 0.717) is 6.54 Å². The van der Waals surface area contributed by atoms with E-state index in [9.17, 15) is 13.2 Å². The van der Waals surface area contributed by atoms with Gasteiger partial charge in [-0.1, -0.05) is 25.0 Å². The minimum Gasteiger partial charge on any atom is -0.330 e. The molecule has 2 rings (SSSR count). The van der Waals surface area contributed by atoms with Crippen LogP contribution in [0.1, 0.15) is 43.2 Å². The van der Waals surface area contributed by atoms with Crippen molar-refractivity contribution in [2.24, 2.45) is 5.73 Å².